The topological polar surface area (TPSA) is 59.1 Å². The van der Waals surface area contributed by atoms with Gasteiger partial charge >= 0.3 is 0 Å². The fourth-order valence-electron chi connectivity index (χ4n) is 5.65. The van der Waals surface area contributed by atoms with Crippen LogP contribution in [0.5, 0.6) is 11.5 Å². The molecule has 5 rings (SSSR count). The maximum Gasteiger partial charge on any atom is 0.232 e. The molecule has 6 nitrogen and oxygen atoms in total. The molecule has 1 aliphatic carbocycles. The number of hydrogen-bond acceptors (Lipinski definition) is 4. The van der Waals surface area contributed by atoms with Crippen LogP contribution in [-0.4, -0.2) is 36.0 Å². The summed E-state index contributed by atoms with van der Waals surface area (Å²) in [6.45, 7) is 7.82. The van der Waals surface area contributed by atoms with Gasteiger partial charge in [0.15, 0.2) is 11.5 Å². The highest BCUT2D eigenvalue weighted by atomic mass is 35.5. The number of carbonyl (C=O) groups excluding carboxylic acids is 2. The van der Waals surface area contributed by atoms with E-state index in [4.69, 9.17) is 21.1 Å². The molecule has 3 unspecified atom stereocenters. The summed E-state index contributed by atoms with van der Waals surface area (Å²) in [5.41, 5.74) is 4.71. The van der Waals surface area contributed by atoms with Gasteiger partial charge in [-0.05, 0) is 91.8 Å². The first-order chi connectivity index (χ1) is 19.2. The minimum absolute atomic E-state index is 0.00533. The maximum atomic E-state index is 13.8. The zero-order valence-electron chi connectivity index (χ0n) is 23.8. The fraction of sp³-hybridized carbons (Fsp3) is 0.394. The van der Waals surface area contributed by atoms with Gasteiger partial charge in [-0.1, -0.05) is 42.8 Å². The van der Waals surface area contributed by atoms with Crippen LogP contribution in [0.25, 0.3) is 0 Å². The van der Waals surface area contributed by atoms with Crippen molar-refractivity contribution in [2.75, 3.05) is 12.0 Å². The Morgan fingerprint density at radius 3 is 2.30 bits per heavy atom. The highest BCUT2D eigenvalue weighted by molar-refractivity contribution is 6.30. The molecule has 1 heterocycles. The monoisotopic (exact) mass is 560 g/mol. The van der Waals surface area contributed by atoms with E-state index in [1.807, 2.05) is 77.4 Å². The van der Waals surface area contributed by atoms with E-state index >= 15 is 0 Å². The Bertz CT molecular complexity index is 1380. The molecule has 3 atom stereocenters. The Morgan fingerprint density at radius 2 is 1.73 bits per heavy atom. The molecule has 1 aliphatic heterocycles. The van der Waals surface area contributed by atoms with E-state index in [1.54, 1.807) is 14.0 Å². The van der Waals surface area contributed by atoms with Gasteiger partial charge in [-0.15, -0.1) is 0 Å². The highest BCUT2D eigenvalue weighted by Crippen LogP contribution is 2.44. The molecule has 40 heavy (non-hydrogen) atoms. The molecule has 3 aromatic carbocycles. The van der Waals surface area contributed by atoms with Crippen LogP contribution in [0.4, 0.5) is 5.69 Å². The summed E-state index contributed by atoms with van der Waals surface area (Å²) in [5.74, 6) is 1.38. The smallest absolute Gasteiger partial charge is 0.232 e. The predicted molar refractivity (Wildman–Crippen MR) is 158 cm³/mol. The van der Waals surface area contributed by atoms with Crippen molar-refractivity contribution in [1.29, 1.82) is 0 Å². The molecule has 0 radical (unpaired) electrons. The molecule has 2 aliphatic rings. The van der Waals surface area contributed by atoms with Crippen molar-refractivity contribution in [3.05, 3.63) is 87.9 Å². The zero-order valence-corrected chi connectivity index (χ0v) is 24.6. The minimum Gasteiger partial charge on any atom is -0.493 e. The average Bonchev–Trinajstić information content (AvgIpc) is 3.77. The lowest BCUT2D eigenvalue weighted by atomic mass is 9.86. The number of carbonyl (C=O) groups is 2. The minimum atomic E-state index is -0.373. The van der Waals surface area contributed by atoms with Crippen molar-refractivity contribution in [2.45, 2.75) is 77.6 Å². The third-order valence-electron chi connectivity index (χ3n) is 8.05. The first kappa shape index (κ1) is 28.0. The number of nitrogens with zero attached hydrogens (tertiary/aromatic N) is 2. The fourth-order valence-corrected chi connectivity index (χ4v) is 5.77. The van der Waals surface area contributed by atoms with Gasteiger partial charge in [-0.25, -0.2) is 0 Å². The van der Waals surface area contributed by atoms with E-state index in [-0.39, 0.29) is 36.4 Å². The van der Waals surface area contributed by atoms with Crippen molar-refractivity contribution < 1.29 is 19.1 Å². The molecule has 0 aromatic heterocycles. The number of halogens is 1. The summed E-state index contributed by atoms with van der Waals surface area (Å²) < 4.78 is 11.9. The summed E-state index contributed by atoms with van der Waals surface area (Å²) in [6, 6.07) is 19.6. The van der Waals surface area contributed by atoms with Crippen LogP contribution in [0.15, 0.2) is 60.7 Å². The van der Waals surface area contributed by atoms with Gasteiger partial charge < -0.3 is 19.3 Å². The first-order valence-corrected chi connectivity index (χ1v) is 14.4. The van der Waals surface area contributed by atoms with Gasteiger partial charge in [0.05, 0.1) is 31.7 Å². The Morgan fingerprint density at radius 1 is 1.05 bits per heavy atom. The predicted octanol–water partition coefficient (Wildman–Crippen LogP) is 7.28. The third kappa shape index (κ3) is 5.55. The van der Waals surface area contributed by atoms with Crippen LogP contribution in [-0.2, 0) is 16.0 Å². The SMILES string of the molecule is CCC(C)Oc1cc2c(cc1OC)CC(=O)N(c1ccc(C(C)N(C(C)=O)C3CC3)cc1)C2c1ccc(Cl)cc1. The highest BCUT2D eigenvalue weighted by Gasteiger charge is 2.37. The number of hydrogen-bond donors (Lipinski definition) is 0. The van der Waals surface area contributed by atoms with Crippen LogP contribution in [0.1, 0.15) is 81.3 Å². The van der Waals surface area contributed by atoms with Crippen LogP contribution >= 0.6 is 11.6 Å². The number of rotatable bonds is 9. The molecule has 0 spiro atoms. The van der Waals surface area contributed by atoms with Crippen molar-refractivity contribution in [2.24, 2.45) is 0 Å². The second-order valence-electron chi connectivity index (χ2n) is 10.9. The summed E-state index contributed by atoms with van der Waals surface area (Å²) >= 11 is 6.25. The van der Waals surface area contributed by atoms with Crippen LogP contribution in [0.2, 0.25) is 5.02 Å². The quantitative estimate of drug-likeness (QED) is 0.276. The van der Waals surface area contributed by atoms with Gasteiger partial charge in [0.2, 0.25) is 11.8 Å². The molecule has 0 N–H and O–H groups in total. The summed E-state index contributed by atoms with van der Waals surface area (Å²) in [7, 11) is 1.62. The van der Waals surface area contributed by atoms with E-state index in [0.717, 1.165) is 47.2 Å². The molecule has 1 saturated carbocycles. The van der Waals surface area contributed by atoms with E-state index in [0.29, 0.717) is 22.6 Å². The Labute approximate surface area is 241 Å². The molecule has 3 aromatic rings. The first-order valence-electron chi connectivity index (χ1n) is 14.1. The van der Waals surface area contributed by atoms with Crippen molar-refractivity contribution >= 4 is 29.1 Å². The molecule has 7 heteroatoms. The second kappa shape index (κ2) is 11.5. The molecule has 2 amide bonds. The number of benzene rings is 3. The van der Waals surface area contributed by atoms with Gasteiger partial charge in [-0.2, -0.15) is 0 Å². The number of ether oxygens (including phenoxy) is 2. The van der Waals surface area contributed by atoms with Gasteiger partial charge in [0.25, 0.3) is 0 Å². The van der Waals surface area contributed by atoms with Crippen molar-refractivity contribution in [3.63, 3.8) is 0 Å². The lowest BCUT2D eigenvalue weighted by Gasteiger charge is -2.38. The molecule has 1 fully saturated rings. The molecular weight excluding hydrogens is 524 g/mol. The number of amides is 2. The molecule has 0 saturated heterocycles. The summed E-state index contributed by atoms with van der Waals surface area (Å²) in [6.07, 6.45) is 3.23. The van der Waals surface area contributed by atoms with Crippen LogP contribution in [0, 0.1) is 0 Å². The van der Waals surface area contributed by atoms with E-state index in [9.17, 15) is 9.59 Å². The molecular formula is C33H37ClN2O4. The number of anilines is 1. The Balaban J connectivity index is 1.57. The largest absolute Gasteiger partial charge is 0.493 e. The average molecular weight is 561 g/mol. The van der Waals surface area contributed by atoms with Crippen LogP contribution in [0.3, 0.4) is 0 Å². The van der Waals surface area contributed by atoms with Crippen molar-refractivity contribution in [1.82, 2.24) is 4.90 Å². The third-order valence-corrected chi connectivity index (χ3v) is 8.30. The van der Waals surface area contributed by atoms with Gasteiger partial charge in [-0.3, -0.25) is 9.59 Å². The lowest BCUT2D eigenvalue weighted by molar-refractivity contribution is -0.131. The summed E-state index contributed by atoms with van der Waals surface area (Å²) in [5, 5.41) is 0.636. The number of fused-ring (bicyclic) bond motifs is 1. The van der Waals surface area contributed by atoms with Gasteiger partial charge in [0, 0.05) is 23.7 Å². The normalized spacial score (nSPS) is 18.1. The second-order valence-corrected chi connectivity index (χ2v) is 11.3. The lowest BCUT2D eigenvalue weighted by Crippen LogP contribution is -2.41. The Kier molecular flexibility index (Phi) is 8.09. The van der Waals surface area contributed by atoms with E-state index < -0.39 is 0 Å². The van der Waals surface area contributed by atoms with E-state index in [2.05, 4.69) is 13.8 Å². The maximum absolute atomic E-state index is 13.8. The standard InChI is InChI=1S/C33H37ClN2O4/c1-6-20(2)40-31-19-29-25(17-30(31)39-5)18-32(38)36(33(29)24-7-11-26(34)12-8-24)28-13-9-23(10-14-28)21(3)35(22(4)37)27-15-16-27/h7-14,17,19-21,27,33H,6,15-16,18H2,1-5H3. The Hall–Kier alpha value is -3.51. The van der Waals surface area contributed by atoms with Crippen molar-refractivity contribution in [3.8, 4) is 11.5 Å². The van der Waals surface area contributed by atoms with Gasteiger partial charge in [0.1, 0.15) is 0 Å². The van der Waals surface area contributed by atoms with E-state index in [1.165, 1.54) is 0 Å². The molecule has 0 bridgehead atoms. The summed E-state index contributed by atoms with van der Waals surface area (Å²) in [4.78, 5) is 30.0. The zero-order chi connectivity index (χ0) is 28.6. The molecule has 210 valence electrons. The van der Waals surface area contributed by atoms with Crippen LogP contribution < -0.4 is 14.4 Å². The number of methoxy groups -OCH3 is 1.